The van der Waals surface area contributed by atoms with Gasteiger partial charge in [0.05, 0.1) is 12.0 Å². The van der Waals surface area contributed by atoms with Crippen LogP contribution in [0.5, 0.6) is 0 Å². The Labute approximate surface area is 103 Å². The maximum Gasteiger partial charge on any atom is 0.314 e. The Morgan fingerprint density at radius 1 is 1.41 bits per heavy atom. The fraction of sp³-hybridized carbons (Fsp3) is 0.846. The molecule has 98 valence electrons. The van der Waals surface area contributed by atoms with E-state index >= 15 is 0 Å². The summed E-state index contributed by atoms with van der Waals surface area (Å²) >= 11 is 0. The van der Waals surface area contributed by atoms with Crippen LogP contribution in [0.1, 0.15) is 41.5 Å². The summed E-state index contributed by atoms with van der Waals surface area (Å²) in [5.74, 6) is -1.17. The summed E-state index contributed by atoms with van der Waals surface area (Å²) in [4.78, 5) is 24.0. The maximum absolute atomic E-state index is 12.1. The molecule has 0 radical (unpaired) electrons. The quantitative estimate of drug-likeness (QED) is 0.712. The molecule has 0 unspecified atom stereocenters. The van der Waals surface area contributed by atoms with Gasteiger partial charge in [-0.25, -0.2) is 0 Å². The molecule has 17 heavy (non-hydrogen) atoms. The van der Waals surface area contributed by atoms with Gasteiger partial charge < -0.3 is 9.47 Å². The lowest BCUT2D eigenvalue weighted by atomic mass is 9.69. The Balaban J connectivity index is 3.17. The van der Waals surface area contributed by atoms with Crippen molar-refractivity contribution in [3.05, 3.63) is 0 Å². The molecule has 0 aromatic carbocycles. The smallest absolute Gasteiger partial charge is 0.314 e. The molecule has 0 bridgehead atoms. The van der Waals surface area contributed by atoms with Crippen LogP contribution < -0.4 is 0 Å². The highest BCUT2D eigenvalue weighted by Gasteiger charge is 2.63. The van der Waals surface area contributed by atoms with E-state index in [9.17, 15) is 9.59 Å². The zero-order chi connectivity index (χ0) is 13.4. The zero-order valence-electron chi connectivity index (χ0n) is 11.5. The minimum absolute atomic E-state index is 0.0580. The summed E-state index contributed by atoms with van der Waals surface area (Å²) in [5.41, 5.74) is -1.61. The van der Waals surface area contributed by atoms with Crippen molar-refractivity contribution in [2.24, 2.45) is 17.3 Å². The molecule has 4 heteroatoms. The highest BCUT2D eigenvalue weighted by atomic mass is 16.6. The molecule has 2 atom stereocenters. The Morgan fingerprint density at radius 3 is 2.35 bits per heavy atom. The van der Waals surface area contributed by atoms with Crippen molar-refractivity contribution < 1.29 is 19.1 Å². The summed E-state index contributed by atoms with van der Waals surface area (Å²) in [6.45, 7) is 11.3. The fourth-order valence-corrected chi connectivity index (χ4v) is 2.43. The van der Waals surface area contributed by atoms with Gasteiger partial charge in [0.15, 0.2) is 0 Å². The lowest BCUT2D eigenvalue weighted by Crippen LogP contribution is -2.46. The number of esters is 2. The van der Waals surface area contributed by atoms with Crippen LogP contribution in [0.15, 0.2) is 0 Å². The van der Waals surface area contributed by atoms with Crippen molar-refractivity contribution in [1.82, 2.24) is 0 Å². The normalized spacial score (nSPS) is 31.5. The second-order valence-electron chi connectivity index (χ2n) is 5.63. The van der Waals surface area contributed by atoms with E-state index in [0.29, 0.717) is 6.61 Å². The molecule has 0 aromatic rings. The van der Waals surface area contributed by atoms with Crippen LogP contribution in [0.25, 0.3) is 0 Å². The van der Waals surface area contributed by atoms with Gasteiger partial charge in [-0.2, -0.15) is 0 Å². The van der Waals surface area contributed by atoms with E-state index < -0.39 is 16.9 Å². The predicted octanol–water partition coefficient (Wildman–Crippen LogP) is 2.16. The van der Waals surface area contributed by atoms with Crippen molar-refractivity contribution in [2.75, 3.05) is 6.61 Å². The van der Waals surface area contributed by atoms with Crippen molar-refractivity contribution in [2.45, 2.75) is 47.1 Å². The summed E-state index contributed by atoms with van der Waals surface area (Å²) < 4.78 is 10.6. The van der Waals surface area contributed by atoms with Crippen LogP contribution in [-0.4, -0.2) is 24.1 Å². The SMILES string of the molecule is CCOC(=O)[C@@H]1C(C)(C)C(=O)O[C@]1(C)C(C)C. The number of rotatable bonds is 3. The van der Waals surface area contributed by atoms with Gasteiger partial charge in [-0.3, -0.25) is 9.59 Å². The van der Waals surface area contributed by atoms with Gasteiger partial charge in [-0.05, 0) is 33.6 Å². The number of hydrogen-bond acceptors (Lipinski definition) is 4. The van der Waals surface area contributed by atoms with Crippen LogP contribution in [-0.2, 0) is 19.1 Å². The first-order chi connectivity index (χ1) is 7.67. The van der Waals surface area contributed by atoms with Crippen LogP contribution in [0, 0.1) is 17.3 Å². The zero-order valence-corrected chi connectivity index (χ0v) is 11.5. The third kappa shape index (κ3) is 2.05. The van der Waals surface area contributed by atoms with Gasteiger partial charge in [0.1, 0.15) is 11.5 Å². The number of carbonyl (C=O) groups excluding carboxylic acids is 2. The maximum atomic E-state index is 12.1. The third-order valence-corrected chi connectivity index (χ3v) is 3.80. The summed E-state index contributed by atoms with van der Waals surface area (Å²) in [7, 11) is 0. The molecule has 1 aliphatic heterocycles. The summed E-state index contributed by atoms with van der Waals surface area (Å²) in [6, 6.07) is 0. The number of cyclic esters (lactones) is 1. The van der Waals surface area contributed by atoms with Crippen molar-refractivity contribution in [1.29, 1.82) is 0 Å². The highest BCUT2D eigenvalue weighted by Crippen LogP contribution is 2.49. The molecule has 4 nitrogen and oxygen atoms in total. The predicted molar refractivity (Wildman–Crippen MR) is 63.2 cm³/mol. The topological polar surface area (TPSA) is 52.6 Å². The van der Waals surface area contributed by atoms with Crippen molar-refractivity contribution in [3.8, 4) is 0 Å². The molecule has 0 amide bonds. The van der Waals surface area contributed by atoms with E-state index in [4.69, 9.17) is 9.47 Å². The average molecular weight is 242 g/mol. The first-order valence-corrected chi connectivity index (χ1v) is 6.08. The third-order valence-electron chi connectivity index (χ3n) is 3.80. The Kier molecular flexibility index (Phi) is 3.55. The van der Waals surface area contributed by atoms with Crippen LogP contribution in [0.2, 0.25) is 0 Å². The first kappa shape index (κ1) is 14.0. The van der Waals surface area contributed by atoms with E-state index in [0.717, 1.165) is 0 Å². The molecule has 1 rings (SSSR count). The number of ether oxygens (including phenoxy) is 2. The summed E-state index contributed by atoms with van der Waals surface area (Å²) in [6.07, 6.45) is 0. The Bertz CT molecular complexity index is 332. The molecule has 1 heterocycles. The van der Waals surface area contributed by atoms with Crippen molar-refractivity contribution >= 4 is 11.9 Å². The molecule has 1 saturated heterocycles. The van der Waals surface area contributed by atoms with Gasteiger partial charge in [0, 0.05) is 0 Å². The molecule has 0 aromatic heterocycles. The molecule has 1 aliphatic rings. The largest absolute Gasteiger partial charge is 0.466 e. The highest BCUT2D eigenvalue weighted by molar-refractivity contribution is 5.89. The van der Waals surface area contributed by atoms with Crippen molar-refractivity contribution in [3.63, 3.8) is 0 Å². The van der Waals surface area contributed by atoms with Gasteiger partial charge in [-0.15, -0.1) is 0 Å². The van der Waals surface area contributed by atoms with E-state index in [-0.39, 0.29) is 17.9 Å². The number of carbonyl (C=O) groups is 2. The minimum Gasteiger partial charge on any atom is -0.466 e. The molecular formula is C13H22O4. The standard InChI is InChI=1S/C13H22O4/c1-7-16-10(14)9-12(4,5)11(15)17-13(9,6)8(2)3/h8-9H,7H2,1-6H3/t9-,13-/m1/s1. The van der Waals surface area contributed by atoms with E-state index in [1.807, 2.05) is 20.8 Å². The summed E-state index contributed by atoms with van der Waals surface area (Å²) in [5, 5.41) is 0. The Morgan fingerprint density at radius 2 is 1.94 bits per heavy atom. The van der Waals surface area contributed by atoms with E-state index in [1.54, 1.807) is 20.8 Å². The van der Waals surface area contributed by atoms with Crippen LogP contribution in [0.4, 0.5) is 0 Å². The monoisotopic (exact) mass is 242 g/mol. The second-order valence-corrected chi connectivity index (χ2v) is 5.63. The van der Waals surface area contributed by atoms with Crippen LogP contribution >= 0.6 is 0 Å². The number of hydrogen-bond donors (Lipinski definition) is 0. The lowest BCUT2D eigenvalue weighted by molar-refractivity contribution is -0.160. The molecule has 0 saturated carbocycles. The van der Waals surface area contributed by atoms with Gasteiger partial charge >= 0.3 is 11.9 Å². The molecule has 0 spiro atoms. The van der Waals surface area contributed by atoms with Gasteiger partial charge in [-0.1, -0.05) is 13.8 Å². The molecule has 0 aliphatic carbocycles. The molecule has 1 fully saturated rings. The fourth-order valence-electron chi connectivity index (χ4n) is 2.43. The Hall–Kier alpha value is -1.06. The first-order valence-electron chi connectivity index (χ1n) is 6.08. The molecule has 0 N–H and O–H groups in total. The lowest BCUT2D eigenvalue weighted by Gasteiger charge is -2.34. The van der Waals surface area contributed by atoms with Crippen LogP contribution in [0.3, 0.4) is 0 Å². The minimum atomic E-state index is -0.828. The molecular weight excluding hydrogens is 220 g/mol. The van der Waals surface area contributed by atoms with E-state index in [2.05, 4.69) is 0 Å². The second kappa shape index (κ2) is 4.31. The van der Waals surface area contributed by atoms with E-state index in [1.165, 1.54) is 0 Å². The average Bonchev–Trinajstić information content (AvgIpc) is 2.34. The van der Waals surface area contributed by atoms with Gasteiger partial charge in [0.25, 0.3) is 0 Å². The van der Waals surface area contributed by atoms with Gasteiger partial charge in [0.2, 0.25) is 0 Å².